The van der Waals surface area contributed by atoms with E-state index in [0.29, 0.717) is 29.2 Å². The van der Waals surface area contributed by atoms with Crippen LogP contribution in [-0.4, -0.2) is 34.2 Å². The molecule has 0 unspecified atom stereocenters. The van der Waals surface area contributed by atoms with Crippen LogP contribution in [0.2, 0.25) is 0 Å². The maximum atomic E-state index is 12.5. The molecule has 1 N–H and O–H groups in total. The Labute approximate surface area is 166 Å². The van der Waals surface area contributed by atoms with Crippen LogP contribution in [0.25, 0.3) is 11.2 Å². The Morgan fingerprint density at radius 3 is 2.55 bits per heavy atom. The van der Waals surface area contributed by atoms with Crippen LogP contribution in [0, 0.1) is 0 Å². The van der Waals surface area contributed by atoms with Crippen molar-refractivity contribution in [2.75, 3.05) is 14.2 Å². The van der Waals surface area contributed by atoms with Crippen molar-refractivity contribution in [1.29, 1.82) is 0 Å². The molecule has 0 aliphatic rings. The summed E-state index contributed by atoms with van der Waals surface area (Å²) < 4.78 is 12.9. The minimum Gasteiger partial charge on any atom is -0.497 e. The third kappa shape index (κ3) is 3.98. The predicted molar refractivity (Wildman–Crippen MR) is 107 cm³/mol. The molecule has 0 aliphatic carbocycles. The SMILES string of the molecule is CCn1c(=O)c(=O)n(CC(=O)NCc2ccc(OC)cc2OC)c2cccnc21. The van der Waals surface area contributed by atoms with Gasteiger partial charge in [-0.1, -0.05) is 0 Å². The molecule has 2 aromatic heterocycles. The third-order valence-corrected chi connectivity index (χ3v) is 4.57. The Hall–Kier alpha value is -3.62. The number of carbonyl (C=O) groups is 1. The van der Waals surface area contributed by atoms with E-state index in [1.807, 2.05) is 0 Å². The molecule has 0 spiro atoms. The van der Waals surface area contributed by atoms with Gasteiger partial charge in [0.25, 0.3) is 0 Å². The predicted octanol–water partition coefficient (Wildman–Crippen LogP) is 0.912. The van der Waals surface area contributed by atoms with Gasteiger partial charge in [-0.15, -0.1) is 0 Å². The summed E-state index contributed by atoms with van der Waals surface area (Å²) in [5, 5.41) is 2.75. The number of methoxy groups -OCH3 is 2. The molecular formula is C20H22N4O5. The molecule has 0 radical (unpaired) electrons. The zero-order valence-electron chi connectivity index (χ0n) is 16.5. The number of ether oxygens (including phenoxy) is 2. The van der Waals surface area contributed by atoms with E-state index >= 15 is 0 Å². The molecule has 152 valence electrons. The first kappa shape index (κ1) is 20.1. The maximum Gasteiger partial charge on any atom is 0.318 e. The van der Waals surface area contributed by atoms with Gasteiger partial charge in [-0.25, -0.2) is 4.98 Å². The Morgan fingerprint density at radius 2 is 1.86 bits per heavy atom. The Morgan fingerprint density at radius 1 is 1.10 bits per heavy atom. The van der Waals surface area contributed by atoms with Crippen LogP contribution in [-0.2, 0) is 24.4 Å². The highest BCUT2D eigenvalue weighted by atomic mass is 16.5. The van der Waals surface area contributed by atoms with Crippen LogP contribution in [0.3, 0.4) is 0 Å². The second-order valence-corrected chi connectivity index (χ2v) is 6.24. The molecule has 9 heteroatoms. The van der Waals surface area contributed by atoms with Gasteiger partial charge in [-0.3, -0.25) is 23.5 Å². The van der Waals surface area contributed by atoms with Crippen LogP contribution in [0.15, 0.2) is 46.1 Å². The average Bonchev–Trinajstić information content (AvgIpc) is 2.75. The minimum atomic E-state index is -0.760. The molecule has 29 heavy (non-hydrogen) atoms. The molecule has 0 atom stereocenters. The normalized spacial score (nSPS) is 10.7. The molecule has 0 saturated heterocycles. The monoisotopic (exact) mass is 398 g/mol. The lowest BCUT2D eigenvalue weighted by atomic mass is 10.2. The molecular weight excluding hydrogens is 376 g/mol. The van der Waals surface area contributed by atoms with Crippen molar-refractivity contribution in [1.82, 2.24) is 19.4 Å². The van der Waals surface area contributed by atoms with Crippen LogP contribution in [0.1, 0.15) is 12.5 Å². The van der Waals surface area contributed by atoms with Gasteiger partial charge in [-0.05, 0) is 31.2 Å². The average molecular weight is 398 g/mol. The summed E-state index contributed by atoms with van der Waals surface area (Å²) >= 11 is 0. The Kier molecular flexibility index (Phi) is 5.96. The lowest BCUT2D eigenvalue weighted by molar-refractivity contribution is -0.121. The van der Waals surface area contributed by atoms with Gasteiger partial charge in [0.2, 0.25) is 5.91 Å². The topological polar surface area (TPSA) is 104 Å². The quantitative estimate of drug-likeness (QED) is 0.594. The zero-order chi connectivity index (χ0) is 21.0. The first-order chi connectivity index (χ1) is 14.0. The number of rotatable bonds is 7. The molecule has 0 saturated carbocycles. The Balaban J connectivity index is 1.85. The fourth-order valence-corrected chi connectivity index (χ4v) is 3.09. The first-order valence-electron chi connectivity index (χ1n) is 9.06. The minimum absolute atomic E-state index is 0.197. The second kappa shape index (κ2) is 8.59. The summed E-state index contributed by atoms with van der Waals surface area (Å²) in [6, 6.07) is 8.58. The molecule has 1 aromatic carbocycles. The van der Waals surface area contributed by atoms with Crippen LogP contribution in [0.4, 0.5) is 0 Å². The van der Waals surface area contributed by atoms with E-state index in [1.54, 1.807) is 50.6 Å². The number of carbonyl (C=O) groups excluding carboxylic acids is 1. The zero-order valence-corrected chi connectivity index (χ0v) is 16.5. The number of fused-ring (bicyclic) bond motifs is 1. The Bertz CT molecular complexity index is 1170. The molecule has 3 rings (SSSR count). The van der Waals surface area contributed by atoms with E-state index in [9.17, 15) is 14.4 Å². The second-order valence-electron chi connectivity index (χ2n) is 6.24. The van der Waals surface area contributed by atoms with Gasteiger partial charge in [0.05, 0.1) is 19.7 Å². The number of benzene rings is 1. The molecule has 9 nitrogen and oxygen atoms in total. The fourth-order valence-electron chi connectivity index (χ4n) is 3.09. The fraction of sp³-hybridized carbons (Fsp3) is 0.300. The van der Waals surface area contributed by atoms with Crippen LogP contribution < -0.4 is 25.9 Å². The maximum absolute atomic E-state index is 12.5. The number of amides is 1. The van der Waals surface area contributed by atoms with Gasteiger partial charge in [0, 0.05) is 30.9 Å². The number of aryl methyl sites for hydroxylation is 1. The third-order valence-electron chi connectivity index (χ3n) is 4.57. The van der Waals surface area contributed by atoms with Crippen molar-refractivity contribution in [3.8, 4) is 11.5 Å². The number of hydrogen-bond donors (Lipinski definition) is 1. The number of nitrogens with one attached hydrogen (secondary N) is 1. The lowest BCUT2D eigenvalue weighted by Gasteiger charge is -2.14. The van der Waals surface area contributed by atoms with Gasteiger partial charge in [0.1, 0.15) is 18.0 Å². The summed E-state index contributed by atoms with van der Waals surface area (Å²) in [6.45, 7) is 1.97. The van der Waals surface area contributed by atoms with Gasteiger partial charge >= 0.3 is 11.1 Å². The lowest BCUT2D eigenvalue weighted by Crippen LogP contribution is -2.44. The molecule has 0 aliphatic heterocycles. The number of pyridine rings is 1. The highest BCUT2D eigenvalue weighted by Gasteiger charge is 2.15. The van der Waals surface area contributed by atoms with E-state index in [0.717, 1.165) is 10.1 Å². The summed E-state index contributed by atoms with van der Waals surface area (Å²) in [5.41, 5.74) is 0.0788. The van der Waals surface area contributed by atoms with Gasteiger partial charge < -0.3 is 14.8 Å². The first-order valence-corrected chi connectivity index (χ1v) is 9.06. The number of nitrogens with zero attached hydrogens (tertiary/aromatic N) is 3. The molecule has 2 heterocycles. The van der Waals surface area contributed by atoms with E-state index in [4.69, 9.17) is 9.47 Å². The highest BCUT2D eigenvalue weighted by Crippen LogP contribution is 2.24. The number of hydrogen-bond acceptors (Lipinski definition) is 6. The van der Waals surface area contributed by atoms with Gasteiger partial charge in [-0.2, -0.15) is 0 Å². The molecule has 0 fully saturated rings. The van der Waals surface area contributed by atoms with Crippen LogP contribution in [0.5, 0.6) is 11.5 Å². The van der Waals surface area contributed by atoms with Gasteiger partial charge in [0.15, 0.2) is 5.65 Å². The summed E-state index contributed by atoms with van der Waals surface area (Å²) in [5.74, 6) is 0.796. The highest BCUT2D eigenvalue weighted by molar-refractivity contribution is 5.78. The van der Waals surface area contributed by atoms with E-state index in [2.05, 4.69) is 10.3 Å². The van der Waals surface area contributed by atoms with Crippen molar-refractivity contribution in [3.63, 3.8) is 0 Å². The van der Waals surface area contributed by atoms with Crippen molar-refractivity contribution >= 4 is 17.1 Å². The largest absolute Gasteiger partial charge is 0.497 e. The number of aromatic nitrogens is 3. The standard InChI is InChI=1S/C20H22N4O5/c1-4-23-18-15(6-5-9-21-18)24(20(27)19(23)26)12-17(25)22-11-13-7-8-14(28-2)10-16(13)29-3/h5-10H,4,11-12H2,1-3H3,(H,22,25). The molecule has 3 aromatic rings. The summed E-state index contributed by atoms with van der Waals surface area (Å²) in [6.07, 6.45) is 1.54. The van der Waals surface area contributed by atoms with Crippen molar-refractivity contribution < 1.29 is 14.3 Å². The van der Waals surface area contributed by atoms with Crippen molar-refractivity contribution in [2.45, 2.75) is 26.6 Å². The molecule has 1 amide bonds. The summed E-state index contributed by atoms with van der Waals surface area (Å²) in [4.78, 5) is 41.6. The smallest absolute Gasteiger partial charge is 0.318 e. The summed E-state index contributed by atoms with van der Waals surface area (Å²) in [7, 11) is 3.08. The van der Waals surface area contributed by atoms with E-state index in [-0.39, 0.29) is 13.1 Å². The van der Waals surface area contributed by atoms with Crippen molar-refractivity contribution in [3.05, 3.63) is 62.8 Å². The molecule has 0 bridgehead atoms. The van der Waals surface area contributed by atoms with E-state index < -0.39 is 17.0 Å². The van der Waals surface area contributed by atoms with Crippen LogP contribution >= 0.6 is 0 Å². The van der Waals surface area contributed by atoms with E-state index in [1.165, 1.54) is 11.7 Å². The van der Waals surface area contributed by atoms with Crippen molar-refractivity contribution in [2.24, 2.45) is 0 Å².